The molecule has 0 aromatic carbocycles. The number of fused-ring (bicyclic) bond motifs is 1. The van der Waals surface area contributed by atoms with E-state index >= 15 is 0 Å². The molecule has 1 atom stereocenters. The number of aliphatic hydroxyl groups is 1. The molecule has 15 heavy (non-hydrogen) atoms. The number of pyridine rings is 1. The normalized spacial score (nSPS) is 13.0. The average Bonchev–Trinajstić information content (AvgIpc) is 2.54. The van der Waals surface area contributed by atoms with Gasteiger partial charge < -0.3 is 10.4 Å². The number of hydrogen-bond donors (Lipinski definition) is 2. The average molecular weight is 205 g/mol. The van der Waals surface area contributed by atoms with E-state index in [-0.39, 0.29) is 6.10 Å². The van der Waals surface area contributed by atoms with Crippen LogP contribution in [0.25, 0.3) is 5.52 Å². The Bertz CT molecular complexity index is 462. The van der Waals surface area contributed by atoms with E-state index in [4.69, 9.17) is 0 Å². The van der Waals surface area contributed by atoms with Gasteiger partial charge in [0.1, 0.15) is 0 Å². The molecule has 0 bridgehead atoms. The molecule has 0 spiro atoms. The zero-order chi connectivity index (χ0) is 10.8. The third kappa shape index (κ3) is 1.94. The second kappa shape index (κ2) is 3.90. The Morgan fingerprint density at radius 2 is 2.33 bits per heavy atom. The highest BCUT2D eigenvalue weighted by molar-refractivity contribution is 5.64. The molecule has 0 aliphatic rings. The van der Waals surface area contributed by atoms with Gasteiger partial charge in [0, 0.05) is 18.3 Å². The van der Waals surface area contributed by atoms with Crippen LogP contribution in [0.2, 0.25) is 0 Å². The van der Waals surface area contributed by atoms with Gasteiger partial charge in [-0.2, -0.15) is 5.10 Å². The molecule has 0 saturated heterocycles. The number of anilines is 1. The van der Waals surface area contributed by atoms with Crippen LogP contribution in [0.15, 0.2) is 24.4 Å². The topological polar surface area (TPSA) is 49.6 Å². The van der Waals surface area contributed by atoms with E-state index in [2.05, 4.69) is 10.4 Å². The van der Waals surface area contributed by atoms with Crippen molar-refractivity contribution in [3.63, 3.8) is 0 Å². The summed E-state index contributed by atoms with van der Waals surface area (Å²) in [4.78, 5) is 0. The van der Waals surface area contributed by atoms with Crippen molar-refractivity contribution in [3.8, 4) is 0 Å². The van der Waals surface area contributed by atoms with Crippen molar-refractivity contribution in [1.82, 2.24) is 9.61 Å². The summed E-state index contributed by atoms with van der Waals surface area (Å²) < 4.78 is 1.83. The van der Waals surface area contributed by atoms with Crippen LogP contribution in [0.5, 0.6) is 0 Å². The molecule has 0 amide bonds. The molecule has 4 nitrogen and oxygen atoms in total. The maximum absolute atomic E-state index is 9.18. The van der Waals surface area contributed by atoms with Gasteiger partial charge in [0.25, 0.3) is 0 Å². The summed E-state index contributed by atoms with van der Waals surface area (Å²) in [6.07, 6.45) is 1.55. The quantitative estimate of drug-likeness (QED) is 0.797. The number of hydrogen-bond acceptors (Lipinski definition) is 3. The van der Waals surface area contributed by atoms with Crippen LogP contribution in [0.3, 0.4) is 0 Å². The summed E-state index contributed by atoms with van der Waals surface area (Å²) in [7, 11) is 0. The Morgan fingerprint density at radius 1 is 1.53 bits per heavy atom. The summed E-state index contributed by atoms with van der Waals surface area (Å²) in [5, 5.41) is 16.7. The van der Waals surface area contributed by atoms with E-state index in [0.29, 0.717) is 6.54 Å². The molecule has 80 valence electrons. The van der Waals surface area contributed by atoms with E-state index in [1.807, 2.05) is 35.8 Å². The van der Waals surface area contributed by atoms with Gasteiger partial charge >= 0.3 is 0 Å². The lowest BCUT2D eigenvalue weighted by molar-refractivity contribution is 0.208. The third-order valence-electron chi connectivity index (χ3n) is 2.35. The van der Waals surface area contributed by atoms with Gasteiger partial charge in [-0.3, -0.25) is 0 Å². The Balaban J connectivity index is 2.32. The second-order valence-corrected chi connectivity index (χ2v) is 3.73. The summed E-state index contributed by atoms with van der Waals surface area (Å²) in [5.74, 6) is 0.835. The number of nitrogens with zero attached hydrogens (tertiary/aromatic N) is 2. The Kier molecular flexibility index (Phi) is 2.60. The predicted molar refractivity (Wildman–Crippen MR) is 60.1 cm³/mol. The van der Waals surface area contributed by atoms with E-state index in [0.717, 1.165) is 16.9 Å². The number of aryl methyl sites for hydroxylation is 1. The van der Waals surface area contributed by atoms with Crippen LogP contribution in [0.1, 0.15) is 12.5 Å². The highest BCUT2D eigenvalue weighted by atomic mass is 16.3. The first-order valence-corrected chi connectivity index (χ1v) is 5.04. The maximum atomic E-state index is 9.18. The molecule has 0 fully saturated rings. The maximum Gasteiger partial charge on any atom is 0.152 e. The van der Waals surface area contributed by atoms with Gasteiger partial charge in [0.05, 0.1) is 11.6 Å². The lowest BCUT2D eigenvalue weighted by atomic mass is 10.2. The summed E-state index contributed by atoms with van der Waals surface area (Å²) >= 11 is 0. The fourth-order valence-electron chi connectivity index (χ4n) is 1.53. The van der Waals surface area contributed by atoms with Crippen molar-refractivity contribution in [1.29, 1.82) is 0 Å². The SMILES string of the molecule is Cc1c(NCC(C)O)nn2ccccc12. The van der Waals surface area contributed by atoms with Crippen molar-refractivity contribution in [2.75, 3.05) is 11.9 Å². The van der Waals surface area contributed by atoms with Crippen LogP contribution < -0.4 is 5.32 Å². The molecule has 2 aromatic rings. The summed E-state index contributed by atoms with van der Waals surface area (Å²) in [6, 6.07) is 5.95. The van der Waals surface area contributed by atoms with E-state index in [1.54, 1.807) is 6.92 Å². The van der Waals surface area contributed by atoms with Crippen molar-refractivity contribution >= 4 is 11.3 Å². The minimum atomic E-state index is -0.366. The van der Waals surface area contributed by atoms with Crippen LogP contribution >= 0.6 is 0 Å². The fourth-order valence-corrected chi connectivity index (χ4v) is 1.53. The number of aromatic nitrogens is 2. The predicted octanol–water partition coefficient (Wildman–Crippen LogP) is 1.44. The van der Waals surface area contributed by atoms with Gasteiger partial charge in [0.2, 0.25) is 0 Å². The van der Waals surface area contributed by atoms with Gasteiger partial charge in [-0.05, 0) is 26.0 Å². The molecule has 0 radical (unpaired) electrons. The first-order valence-electron chi connectivity index (χ1n) is 5.04. The van der Waals surface area contributed by atoms with Crippen LogP contribution in [-0.4, -0.2) is 27.4 Å². The minimum absolute atomic E-state index is 0.366. The van der Waals surface area contributed by atoms with Crippen molar-refractivity contribution in [2.45, 2.75) is 20.0 Å². The lowest BCUT2D eigenvalue weighted by Crippen LogP contribution is -2.16. The van der Waals surface area contributed by atoms with Crippen LogP contribution in [0.4, 0.5) is 5.82 Å². The molecule has 1 unspecified atom stereocenters. The van der Waals surface area contributed by atoms with E-state index < -0.39 is 0 Å². The van der Waals surface area contributed by atoms with E-state index in [9.17, 15) is 5.11 Å². The molecule has 2 heterocycles. The zero-order valence-electron chi connectivity index (χ0n) is 8.94. The standard InChI is InChI=1S/C11H15N3O/c1-8(15)7-12-11-9(2)10-5-3-4-6-14(10)13-11/h3-6,8,15H,7H2,1-2H3,(H,12,13). The van der Waals surface area contributed by atoms with Gasteiger partial charge in [0.15, 0.2) is 5.82 Å². The molecule has 0 aliphatic carbocycles. The first-order chi connectivity index (χ1) is 7.18. The van der Waals surface area contributed by atoms with Gasteiger partial charge in [-0.25, -0.2) is 4.52 Å². The molecule has 0 saturated carbocycles. The Hall–Kier alpha value is -1.55. The largest absolute Gasteiger partial charge is 0.392 e. The van der Waals surface area contributed by atoms with E-state index in [1.165, 1.54) is 0 Å². The Morgan fingerprint density at radius 3 is 3.00 bits per heavy atom. The highest BCUT2D eigenvalue weighted by Gasteiger charge is 2.07. The zero-order valence-corrected chi connectivity index (χ0v) is 8.94. The van der Waals surface area contributed by atoms with Crippen molar-refractivity contribution in [2.24, 2.45) is 0 Å². The minimum Gasteiger partial charge on any atom is -0.392 e. The van der Waals surface area contributed by atoms with Crippen LogP contribution in [-0.2, 0) is 0 Å². The number of rotatable bonds is 3. The molecule has 2 aromatic heterocycles. The smallest absolute Gasteiger partial charge is 0.152 e. The fraction of sp³-hybridized carbons (Fsp3) is 0.364. The molecule has 0 aliphatic heterocycles. The third-order valence-corrected chi connectivity index (χ3v) is 2.35. The number of aliphatic hydroxyl groups excluding tert-OH is 1. The molecular formula is C11H15N3O. The lowest BCUT2D eigenvalue weighted by Gasteiger charge is -2.05. The second-order valence-electron chi connectivity index (χ2n) is 3.73. The first kappa shape index (κ1) is 9.98. The molecular weight excluding hydrogens is 190 g/mol. The van der Waals surface area contributed by atoms with Crippen molar-refractivity contribution in [3.05, 3.63) is 30.0 Å². The summed E-state index contributed by atoms with van der Waals surface area (Å²) in [6.45, 7) is 4.29. The van der Waals surface area contributed by atoms with Gasteiger partial charge in [-0.15, -0.1) is 0 Å². The highest BCUT2D eigenvalue weighted by Crippen LogP contribution is 2.18. The van der Waals surface area contributed by atoms with Crippen LogP contribution in [0, 0.1) is 6.92 Å². The molecule has 2 N–H and O–H groups in total. The number of nitrogens with one attached hydrogen (secondary N) is 1. The molecule has 2 rings (SSSR count). The molecule has 4 heteroatoms. The van der Waals surface area contributed by atoms with Crippen molar-refractivity contribution < 1.29 is 5.11 Å². The Labute approximate surface area is 88.5 Å². The summed E-state index contributed by atoms with van der Waals surface area (Å²) in [5.41, 5.74) is 2.20. The monoisotopic (exact) mass is 205 g/mol. The van der Waals surface area contributed by atoms with Gasteiger partial charge in [-0.1, -0.05) is 6.07 Å².